The predicted molar refractivity (Wildman–Crippen MR) is 101 cm³/mol. The van der Waals surface area contributed by atoms with Gasteiger partial charge in [-0.25, -0.2) is 13.1 Å². The highest BCUT2D eigenvalue weighted by atomic mass is 32.2. The summed E-state index contributed by atoms with van der Waals surface area (Å²) in [5.74, 6) is -0.0311. The van der Waals surface area contributed by atoms with Crippen molar-refractivity contribution in [3.05, 3.63) is 0 Å². The van der Waals surface area contributed by atoms with Crippen LogP contribution in [0.15, 0.2) is 0 Å². The van der Waals surface area contributed by atoms with Crippen LogP contribution in [-0.4, -0.2) is 43.0 Å². The zero-order valence-corrected chi connectivity index (χ0v) is 16.7. The molecule has 0 fully saturated rings. The molecule has 0 aliphatic rings. The van der Waals surface area contributed by atoms with E-state index in [0.717, 1.165) is 44.9 Å². The second-order valence-corrected chi connectivity index (χ2v) is 9.17. The van der Waals surface area contributed by atoms with E-state index in [4.69, 9.17) is 5.11 Å². The Morgan fingerprint density at radius 2 is 1.56 bits per heavy atom. The molecule has 6 nitrogen and oxygen atoms in total. The first-order valence-corrected chi connectivity index (χ1v) is 11.3. The highest BCUT2D eigenvalue weighted by Gasteiger charge is 2.10. The molecule has 0 aromatic carbocycles. The van der Waals surface area contributed by atoms with Crippen molar-refractivity contribution in [3.63, 3.8) is 0 Å². The molecule has 3 N–H and O–H groups in total. The summed E-state index contributed by atoms with van der Waals surface area (Å²) in [7, 11) is -3.24. The van der Waals surface area contributed by atoms with Gasteiger partial charge in [0.15, 0.2) is 0 Å². The summed E-state index contributed by atoms with van der Waals surface area (Å²) >= 11 is 0. The normalized spacial score (nSPS) is 13.3. The molecule has 0 rings (SSSR count). The number of carboxylic acids is 1. The van der Waals surface area contributed by atoms with E-state index < -0.39 is 16.0 Å². The molecule has 0 saturated heterocycles. The third kappa shape index (κ3) is 17.9. The van der Waals surface area contributed by atoms with Crippen molar-refractivity contribution in [1.82, 2.24) is 4.72 Å². The lowest BCUT2D eigenvalue weighted by molar-refractivity contribution is -0.137. The summed E-state index contributed by atoms with van der Waals surface area (Å²) in [5, 5.41) is 18.4. The Kier molecular flexibility index (Phi) is 14.1. The van der Waals surface area contributed by atoms with Crippen LogP contribution >= 0.6 is 0 Å². The van der Waals surface area contributed by atoms with Crippen molar-refractivity contribution in [2.45, 2.75) is 90.6 Å². The second kappa shape index (κ2) is 14.5. The molecule has 0 radical (unpaired) electrons. The minimum Gasteiger partial charge on any atom is -0.481 e. The summed E-state index contributed by atoms with van der Waals surface area (Å²) in [6.07, 6.45) is 7.75. The number of hydrogen-bond donors (Lipinski definition) is 3. The highest BCUT2D eigenvalue weighted by Crippen LogP contribution is 2.12. The van der Waals surface area contributed by atoms with Crippen molar-refractivity contribution in [1.29, 1.82) is 0 Å². The lowest BCUT2D eigenvalue weighted by atomic mass is 10.0. The molecule has 0 aromatic rings. The Balaban J connectivity index is 3.59. The van der Waals surface area contributed by atoms with Gasteiger partial charge in [-0.2, -0.15) is 0 Å². The van der Waals surface area contributed by atoms with Crippen molar-refractivity contribution in [2.24, 2.45) is 5.92 Å². The maximum absolute atomic E-state index is 11.8. The van der Waals surface area contributed by atoms with Gasteiger partial charge in [-0.05, 0) is 44.4 Å². The van der Waals surface area contributed by atoms with E-state index in [0.29, 0.717) is 31.7 Å². The molecule has 0 aliphatic carbocycles. The molecular formula is C18H37NO5S. The number of carbonyl (C=O) groups is 1. The van der Waals surface area contributed by atoms with Gasteiger partial charge in [0, 0.05) is 13.0 Å². The van der Waals surface area contributed by atoms with Crippen molar-refractivity contribution in [3.8, 4) is 0 Å². The number of hydrogen-bond acceptors (Lipinski definition) is 4. The minimum absolute atomic E-state index is 0.102. The third-order valence-electron chi connectivity index (χ3n) is 4.16. The number of aliphatic carboxylic acids is 1. The SMILES string of the molecule is CC(C)CCCC(O)CCCCS(=O)(=O)NCCCCCCC(=O)O. The quantitative estimate of drug-likeness (QED) is 0.336. The molecular weight excluding hydrogens is 342 g/mol. The van der Waals surface area contributed by atoms with Crippen LogP contribution in [-0.2, 0) is 14.8 Å². The van der Waals surface area contributed by atoms with Crippen LogP contribution in [0.4, 0.5) is 0 Å². The zero-order chi connectivity index (χ0) is 19.1. The Bertz CT molecular complexity index is 437. The predicted octanol–water partition coefficient (Wildman–Crippen LogP) is 3.30. The first kappa shape index (κ1) is 24.3. The second-order valence-electron chi connectivity index (χ2n) is 7.25. The van der Waals surface area contributed by atoms with Gasteiger partial charge < -0.3 is 10.2 Å². The number of aliphatic hydroxyl groups is 1. The fourth-order valence-corrected chi connectivity index (χ4v) is 3.82. The third-order valence-corrected chi connectivity index (χ3v) is 5.63. The van der Waals surface area contributed by atoms with E-state index in [-0.39, 0.29) is 18.3 Å². The summed E-state index contributed by atoms with van der Waals surface area (Å²) in [6, 6.07) is 0. The average molecular weight is 380 g/mol. The van der Waals surface area contributed by atoms with Gasteiger partial charge in [-0.15, -0.1) is 0 Å². The number of nitrogens with one attached hydrogen (secondary N) is 1. The monoisotopic (exact) mass is 379 g/mol. The van der Waals surface area contributed by atoms with Crippen molar-refractivity contribution < 1.29 is 23.4 Å². The Morgan fingerprint density at radius 1 is 0.920 bits per heavy atom. The Morgan fingerprint density at radius 3 is 2.20 bits per heavy atom. The molecule has 150 valence electrons. The molecule has 0 heterocycles. The van der Waals surface area contributed by atoms with Gasteiger partial charge in [-0.3, -0.25) is 4.79 Å². The van der Waals surface area contributed by atoms with Gasteiger partial charge in [0.1, 0.15) is 0 Å². The van der Waals surface area contributed by atoms with Gasteiger partial charge in [0.2, 0.25) is 10.0 Å². The summed E-state index contributed by atoms with van der Waals surface area (Å²) in [5.41, 5.74) is 0. The van der Waals surface area contributed by atoms with Gasteiger partial charge in [0.05, 0.1) is 11.9 Å². The molecule has 7 heteroatoms. The van der Waals surface area contributed by atoms with E-state index in [1.54, 1.807) is 0 Å². The van der Waals surface area contributed by atoms with Crippen LogP contribution in [0.25, 0.3) is 0 Å². The Labute approximate surface area is 153 Å². The van der Waals surface area contributed by atoms with E-state index in [1.807, 2.05) is 0 Å². The molecule has 0 spiro atoms. The summed E-state index contributed by atoms with van der Waals surface area (Å²) in [4.78, 5) is 10.4. The lowest BCUT2D eigenvalue weighted by Gasteiger charge is -2.11. The molecule has 1 atom stereocenters. The van der Waals surface area contributed by atoms with Crippen LogP contribution in [0.1, 0.15) is 84.5 Å². The van der Waals surface area contributed by atoms with Crippen LogP contribution in [0.5, 0.6) is 0 Å². The number of aliphatic hydroxyl groups excluding tert-OH is 1. The summed E-state index contributed by atoms with van der Waals surface area (Å²) in [6.45, 7) is 4.74. The fraction of sp³-hybridized carbons (Fsp3) is 0.944. The maximum atomic E-state index is 11.8. The first-order valence-electron chi connectivity index (χ1n) is 9.60. The van der Waals surface area contributed by atoms with Gasteiger partial charge in [0.25, 0.3) is 0 Å². The fourth-order valence-electron chi connectivity index (χ4n) is 2.63. The Hall–Kier alpha value is -0.660. The van der Waals surface area contributed by atoms with Crippen LogP contribution in [0, 0.1) is 5.92 Å². The zero-order valence-electron chi connectivity index (χ0n) is 15.9. The smallest absolute Gasteiger partial charge is 0.303 e. The molecule has 1 unspecified atom stereocenters. The van der Waals surface area contributed by atoms with Gasteiger partial charge in [-0.1, -0.05) is 39.5 Å². The highest BCUT2D eigenvalue weighted by molar-refractivity contribution is 7.89. The topological polar surface area (TPSA) is 104 Å². The van der Waals surface area contributed by atoms with Crippen LogP contribution < -0.4 is 4.72 Å². The molecule has 0 saturated carbocycles. The summed E-state index contributed by atoms with van der Waals surface area (Å²) < 4.78 is 26.3. The van der Waals surface area contributed by atoms with Crippen molar-refractivity contribution >= 4 is 16.0 Å². The lowest BCUT2D eigenvalue weighted by Crippen LogP contribution is -2.27. The van der Waals surface area contributed by atoms with Crippen LogP contribution in [0.3, 0.4) is 0 Å². The number of carboxylic acid groups (broad SMARTS) is 1. The van der Waals surface area contributed by atoms with Crippen molar-refractivity contribution in [2.75, 3.05) is 12.3 Å². The van der Waals surface area contributed by atoms with E-state index in [1.165, 1.54) is 0 Å². The maximum Gasteiger partial charge on any atom is 0.303 e. The first-order chi connectivity index (χ1) is 11.7. The standard InChI is InChI=1S/C18H37NO5S/c1-16(2)10-9-12-17(20)11-6-8-15-25(23,24)19-14-7-4-3-5-13-18(21)22/h16-17,19-20H,3-15H2,1-2H3,(H,21,22). The number of rotatable bonds is 17. The van der Waals surface area contributed by atoms with E-state index in [9.17, 15) is 18.3 Å². The molecule has 0 aromatic heterocycles. The van der Waals surface area contributed by atoms with E-state index >= 15 is 0 Å². The molecule has 0 amide bonds. The number of sulfonamides is 1. The minimum atomic E-state index is -3.24. The van der Waals surface area contributed by atoms with Gasteiger partial charge >= 0.3 is 5.97 Å². The average Bonchev–Trinajstić information content (AvgIpc) is 2.50. The largest absolute Gasteiger partial charge is 0.481 e. The number of unbranched alkanes of at least 4 members (excludes halogenated alkanes) is 4. The molecule has 0 bridgehead atoms. The van der Waals surface area contributed by atoms with Crippen LogP contribution in [0.2, 0.25) is 0 Å². The molecule has 0 aliphatic heterocycles. The van der Waals surface area contributed by atoms with E-state index in [2.05, 4.69) is 18.6 Å². The molecule has 25 heavy (non-hydrogen) atoms.